The zero-order valence-electron chi connectivity index (χ0n) is 16.0. The van der Waals surface area contributed by atoms with E-state index in [0.29, 0.717) is 28.0 Å². The van der Waals surface area contributed by atoms with Gasteiger partial charge in [0.2, 0.25) is 0 Å². The van der Waals surface area contributed by atoms with Crippen molar-refractivity contribution in [3.63, 3.8) is 0 Å². The predicted octanol–water partition coefficient (Wildman–Crippen LogP) is 3.85. The first-order chi connectivity index (χ1) is 13.2. The van der Waals surface area contributed by atoms with E-state index < -0.39 is 11.7 Å². The van der Waals surface area contributed by atoms with Crippen molar-refractivity contribution in [2.24, 2.45) is 0 Å². The van der Waals surface area contributed by atoms with Gasteiger partial charge in [0.15, 0.2) is 0 Å². The summed E-state index contributed by atoms with van der Waals surface area (Å²) >= 11 is 0. The van der Waals surface area contributed by atoms with E-state index in [2.05, 4.69) is 15.7 Å². The number of carbonyl (C=O) groups excluding carboxylic acids is 2. The van der Waals surface area contributed by atoms with E-state index in [0.717, 1.165) is 0 Å². The van der Waals surface area contributed by atoms with Crippen molar-refractivity contribution < 1.29 is 18.7 Å². The highest BCUT2D eigenvalue weighted by Crippen LogP contribution is 2.28. The number of aromatic nitrogens is 2. The Hall–Kier alpha value is -3.42. The summed E-state index contributed by atoms with van der Waals surface area (Å²) in [7, 11) is 1.52. The molecule has 0 spiro atoms. The molecule has 0 aliphatic heterocycles. The van der Waals surface area contributed by atoms with Crippen LogP contribution in [0.1, 0.15) is 31.1 Å². The van der Waals surface area contributed by atoms with Crippen molar-refractivity contribution in [3.8, 4) is 11.3 Å². The van der Waals surface area contributed by atoms with Gasteiger partial charge in [-0.25, -0.2) is 13.7 Å². The van der Waals surface area contributed by atoms with Gasteiger partial charge in [-0.1, -0.05) is 0 Å². The fourth-order valence-corrected chi connectivity index (χ4v) is 2.70. The lowest BCUT2D eigenvalue weighted by atomic mass is 10.1. The summed E-state index contributed by atoms with van der Waals surface area (Å²) in [5, 5.41) is 9.69. The Kier molecular flexibility index (Phi) is 5.04. The van der Waals surface area contributed by atoms with E-state index in [1.54, 1.807) is 51.2 Å². The number of hydrogen-bond donors (Lipinski definition) is 2. The highest BCUT2D eigenvalue weighted by atomic mass is 19.1. The van der Waals surface area contributed by atoms with Crippen molar-refractivity contribution in [1.82, 2.24) is 14.9 Å². The van der Waals surface area contributed by atoms with Crippen LogP contribution in [0, 0.1) is 5.82 Å². The molecule has 0 saturated heterocycles. The van der Waals surface area contributed by atoms with Gasteiger partial charge in [0.05, 0.1) is 11.1 Å². The summed E-state index contributed by atoms with van der Waals surface area (Å²) < 4.78 is 20.0. The average molecular weight is 384 g/mol. The largest absolute Gasteiger partial charge is 0.444 e. The van der Waals surface area contributed by atoms with Crippen LogP contribution in [0.25, 0.3) is 16.8 Å². The third-order valence-electron chi connectivity index (χ3n) is 3.85. The molecular weight excluding hydrogens is 363 g/mol. The number of fused-ring (bicyclic) bond motifs is 1. The summed E-state index contributed by atoms with van der Waals surface area (Å²) in [4.78, 5) is 24.5. The van der Waals surface area contributed by atoms with Crippen LogP contribution < -0.4 is 10.6 Å². The van der Waals surface area contributed by atoms with Gasteiger partial charge in [0, 0.05) is 24.5 Å². The van der Waals surface area contributed by atoms with Crippen molar-refractivity contribution in [1.29, 1.82) is 0 Å². The minimum atomic E-state index is -0.631. The van der Waals surface area contributed by atoms with E-state index >= 15 is 0 Å². The second-order valence-electron chi connectivity index (χ2n) is 7.18. The van der Waals surface area contributed by atoms with Crippen LogP contribution in [-0.2, 0) is 4.74 Å². The van der Waals surface area contributed by atoms with Gasteiger partial charge in [-0.3, -0.25) is 10.1 Å². The zero-order valence-corrected chi connectivity index (χ0v) is 16.0. The molecule has 0 aliphatic carbocycles. The number of benzene rings is 1. The van der Waals surface area contributed by atoms with Gasteiger partial charge in [0.1, 0.15) is 17.1 Å². The van der Waals surface area contributed by atoms with Crippen LogP contribution in [-0.4, -0.2) is 34.3 Å². The van der Waals surface area contributed by atoms with Crippen LogP contribution >= 0.6 is 0 Å². The summed E-state index contributed by atoms with van der Waals surface area (Å²) in [6.45, 7) is 5.31. The van der Waals surface area contributed by atoms with Gasteiger partial charge in [0.25, 0.3) is 5.91 Å². The Morgan fingerprint density at radius 2 is 1.82 bits per heavy atom. The molecule has 0 bridgehead atoms. The molecule has 0 radical (unpaired) electrons. The quantitative estimate of drug-likeness (QED) is 0.718. The van der Waals surface area contributed by atoms with E-state index in [1.165, 1.54) is 23.7 Å². The molecule has 2 N–H and O–H groups in total. The lowest BCUT2D eigenvalue weighted by Gasteiger charge is -2.19. The number of amides is 2. The van der Waals surface area contributed by atoms with Gasteiger partial charge >= 0.3 is 6.09 Å². The van der Waals surface area contributed by atoms with Crippen LogP contribution in [0.2, 0.25) is 0 Å². The Balaban J connectivity index is 2.05. The second-order valence-corrected chi connectivity index (χ2v) is 7.18. The normalized spacial score (nSPS) is 11.3. The molecule has 28 heavy (non-hydrogen) atoms. The Bertz CT molecular complexity index is 1040. The van der Waals surface area contributed by atoms with Gasteiger partial charge in [-0.15, -0.1) is 0 Å². The highest BCUT2D eigenvalue weighted by molar-refractivity contribution is 6.06. The van der Waals surface area contributed by atoms with Crippen LogP contribution in [0.3, 0.4) is 0 Å². The average Bonchev–Trinajstić information content (AvgIpc) is 2.98. The molecule has 0 aliphatic rings. The molecule has 2 heterocycles. The second kappa shape index (κ2) is 7.30. The van der Waals surface area contributed by atoms with Crippen LogP contribution in [0.4, 0.5) is 14.9 Å². The van der Waals surface area contributed by atoms with E-state index in [1.807, 2.05) is 0 Å². The summed E-state index contributed by atoms with van der Waals surface area (Å²) in [5.41, 5.74) is 1.65. The summed E-state index contributed by atoms with van der Waals surface area (Å²) in [5.74, 6) is -0.721. The van der Waals surface area contributed by atoms with Crippen LogP contribution in [0.15, 0.2) is 42.6 Å². The van der Waals surface area contributed by atoms with E-state index in [4.69, 9.17) is 4.74 Å². The number of pyridine rings is 1. The maximum Gasteiger partial charge on any atom is 0.412 e. The first-order valence-corrected chi connectivity index (χ1v) is 8.68. The predicted molar refractivity (Wildman–Crippen MR) is 104 cm³/mol. The zero-order chi connectivity index (χ0) is 20.5. The van der Waals surface area contributed by atoms with Crippen molar-refractivity contribution >= 4 is 23.2 Å². The number of anilines is 1. The molecule has 0 unspecified atom stereocenters. The Morgan fingerprint density at radius 3 is 2.43 bits per heavy atom. The fourth-order valence-electron chi connectivity index (χ4n) is 2.70. The fraction of sp³-hybridized carbons (Fsp3) is 0.250. The molecule has 3 rings (SSSR count). The first kappa shape index (κ1) is 19.3. The molecule has 8 heteroatoms. The SMILES string of the molecule is CNC(=O)c1c(-c2ccc(F)cc2)nn2ccc(NC(=O)OC(C)(C)C)cc12. The molecule has 1 aromatic carbocycles. The van der Waals surface area contributed by atoms with E-state index in [9.17, 15) is 14.0 Å². The lowest BCUT2D eigenvalue weighted by Crippen LogP contribution is -2.27. The highest BCUT2D eigenvalue weighted by Gasteiger charge is 2.21. The van der Waals surface area contributed by atoms with Gasteiger partial charge < -0.3 is 10.1 Å². The van der Waals surface area contributed by atoms with Crippen molar-refractivity contribution in [2.45, 2.75) is 26.4 Å². The monoisotopic (exact) mass is 384 g/mol. The minimum Gasteiger partial charge on any atom is -0.444 e. The van der Waals surface area contributed by atoms with Crippen molar-refractivity contribution in [3.05, 3.63) is 54.0 Å². The van der Waals surface area contributed by atoms with Crippen molar-refractivity contribution in [2.75, 3.05) is 12.4 Å². The molecular formula is C20H21FN4O3. The Labute approximate surface area is 161 Å². The molecule has 3 aromatic rings. The topological polar surface area (TPSA) is 84.7 Å². The maximum absolute atomic E-state index is 13.3. The molecule has 0 fully saturated rings. The number of rotatable bonds is 3. The summed E-state index contributed by atoms with van der Waals surface area (Å²) in [6, 6.07) is 9.01. The standard InChI is InChI=1S/C20H21FN4O3/c1-20(2,3)28-19(27)23-14-9-10-25-15(11-14)16(18(26)22-4)17(24-25)12-5-7-13(21)8-6-12/h5-11H,1-4H3,(H,22,26)(H,23,27). The van der Waals surface area contributed by atoms with Gasteiger partial charge in [-0.2, -0.15) is 5.10 Å². The van der Waals surface area contributed by atoms with Crippen LogP contribution in [0.5, 0.6) is 0 Å². The summed E-state index contributed by atoms with van der Waals surface area (Å²) in [6.07, 6.45) is 1.03. The molecule has 2 amide bonds. The molecule has 0 atom stereocenters. The van der Waals surface area contributed by atoms with E-state index in [-0.39, 0.29) is 11.7 Å². The molecule has 2 aromatic heterocycles. The number of ether oxygens (including phenoxy) is 1. The Morgan fingerprint density at radius 1 is 1.14 bits per heavy atom. The third kappa shape index (κ3) is 4.11. The number of nitrogens with zero attached hydrogens (tertiary/aromatic N) is 2. The lowest BCUT2D eigenvalue weighted by molar-refractivity contribution is 0.0635. The molecule has 7 nitrogen and oxygen atoms in total. The number of halogens is 1. The first-order valence-electron chi connectivity index (χ1n) is 8.68. The maximum atomic E-state index is 13.3. The molecule has 0 saturated carbocycles. The minimum absolute atomic E-state index is 0.321. The number of hydrogen-bond acceptors (Lipinski definition) is 4. The number of nitrogens with one attached hydrogen (secondary N) is 2. The molecule has 146 valence electrons. The third-order valence-corrected chi connectivity index (χ3v) is 3.85. The number of carbonyl (C=O) groups is 2. The smallest absolute Gasteiger partial charge is 0.412 e. The van der Waals surface area contributed by atoms with Gasteiger partial charge in [-0.05, 0) is 57.2 Å².